The first kappa shape index (κ1) is 16.8. The van der Waals surface area contributed by atoms with Crippen LogP contribution in [0.15, 0.2) is 59.5 Å². The van der Waals surface area contributed by atoms with Crippen molar-refractivity contribution in [3.05, 3.63) is 70.6 Å². The molecule has 3 rings (SSSR count). The molecule has 2 aromatic carbocycles. The van der Waals surface area contributed by atoms with Crippen LogP contribution in [0.3, 0.4) is 0 Å². The van der Waals surface area contributed by atoms with Crippen molar-refractivity contribution in [1.82, 2.24) is 4.98 Å². The number of carbonyl (C=O) groups is 1. The smallest absolute Gasteiger partial charge is 0.267 e. The van der Waals surface area contributed by atoms with E-state index in [9.17, 15) is 9.59 Å². The van der Waals surface area contributed by atoms with E-state index in [1.807, 2.05) is 31.2 Å². The van der Waals surface area contributed by atoms with Gasteiger partial charge in [0.15, 0.2) is 5.60 Å². The molecule has 0 aliphatic heterocycles. The Morgan fingerprint density at radius 3 is 2.52 bits per heavy atom. The highest BCUT2D eigenvalue weighted by Gasteiger charge is 2.30. The Balaban J connectivity index is 1.78. The number of aryl methyl sites for hydroxylation is 1. The van der Waals surface area contributed by atoms with Gasteiger partial charge in [-0.15, -0.1) is 0 Å². The van der Waals surface area contributed by atoms with Gasteiger partial charge in [0.1, 0.15) is 5.75 Å². The van der Waals surface area contributed by atoms with E-state index in [2.05, 4.69) is 10.3 Å². The molecule has 1 aromatic heterocycles. The summed E-state index contributed by atoms with van der Waals surface area (Å²) in [6, 6.07) is 14.5. The van der Waals surface area contributed by atoms with Crippen LogP contribution in [-0.4, -0.2) is 16.5 Å². The number of anilines is 1. The summed E-state index contributed by atoms with van der Waals surface area (Å²) in [7, 11) is 0. The van der Waals surface area contributed by atoms with Crippen molar-refractivity contribution in [3.63, 3.8) is 0 Å². The van der Waals surface area contributed by atoms with Gasteiger partial charge in [-0.2, -0.15) is 0 Å². The van der Waals surface area contributed by atoms with Gasteiger partial charge in [-0.3, -0.25) is 9.59 Å². The first-order valence-corrected chi connectivity index (χ1v) is 8.04. The molecule has 25 heavy (non-hydrogen) atoms. The lowest BCUT2D eigenvalue weighted by Gasteiger charge is -2.25. The average molecular weight is 336 g/mol. The second kappa shape index (κ2) is 6.43. The van der Waals surface area contributed by atoms with Crippen LogP contribution in [0.1, 0.15) is 19.4 Å². The predicted molar refractivity (Wildman–Crippen MR) is 99.1 cm³/mol. The van der Waals surface area contributed by atoms with Gasteiger partial charge in [0.25, 0.3) is 11.5 Å². The van der Waals surface area contributed by atoms with Crippen LogP contribution >= 0.6 is 0 Å². The molecule has 128 valence electrons. The van der Waals surface area contributed by atoms with Gasteiger partial charge < -0.3 is 15.0 Å². The molecule has 5 nitrogen and oxygen atoms in total. The molecule has 0 radical (unpaired) electrons. The molecule has 0 atom stereocenters. The number of H-pyrrole nitrogens is 1. The molecule has 2 N–H and O–H groups in total. The number of rotatable bonds is 4. The summed E-state index contributed by atoms with van der Waals surface area (Å²) in [5, 5.41) is 4.19. The second-order valence-corrected chi connectivity index (χ2v) is 6.49. The maximum atomic E-state index is 12.6. The topological polar surface area (TPSA) is 71.2 Å². The number of amides is 1. The molecule has 3 aromatic rings. The molecular formula is C20H20N2O3. The van der Waals surface area contributed by atoms with E-state index in [4.69, 9.17) is 4.74 Å². The van der Waals surface area contributed by atoms with E-state index in [1.165, 1.54) is 0 Å². The van der Waals surface area contributed by atoms with Crippen molar-refractivity contribution < 1.29 is 9.53 Å². The molecular weight excluding hydrogens is 316 g/mol. The first-order valence-electron chi connectivity index (χ1n) is 8.04. The third-order valence-electron chi connectivity index (χ3n) is 3.97. The lowest BCUT2D eigenvalue weighted by Crippen LogP contribution is -2.42. The molecule has 0 saturated heterocycles. The van der Waals surface area contributed by atoms with E-state index in [1.54, 1.807) is 44.3 Å². The zero-order chi connectivity index (χ0) is 18.0. The number of pyridine rings is 1. The maximum absolute atomic E-state index is 12.6. The summed E-state index contributed by atoms with van der Waals surface area (Å²) in [5.41, 5.74) is 0.543. The number of hydrogen-bond donors (Lipinski definition) is 2. The van der Waals surface area contributed by atoms with Crippen molar-refractivity contribution in [1.29, 1.82) is 0 Å². The number of ether oxygens (including phenoxy) is 1. The van der Waals surface area contributed by atoms with Crippen molar-refractivity contribution in [2.45, 2.75) is 26.4 Å². The van der Waals surface area contributed by atoms with Gasteiger partial charge in [-0.1, -0.05) is 17.7 Å². The van der Waals surface area contributed by atoms with Crippen molar-refractivity contribution in [3.8, 4) is 5.75 Å². The Kier molecular flexibility index (Phi) is 4.31. The maximum Gasteiger partial charge on any atom is 0.267 e. The summed E-state index contributed by atoms with van der Waals surface area (Å²) < 4.78 is 5.83. The quantitative estimate of drug-likeness (QED) is 0.764. The highest BCUT2D eigenvalue weighted by Crippen LogP contribution is 2.22. The molecule has 1 heterocycles. The Hall–Kier alpha value is -3.08. The summed E-state index contributed by atoms with van der Waals surface area (Å²) in [6.45, 7) is 5.42. The van der Waals surface area contributed by atoms with E-state index >= 15 is 0 Å². The fraction of sp³-hybridized carbons (Fsp3) is 0.200. The van der Waals surface area contributed by atoms with Gasteiger partial charge in [0, 0.05) is 17.3 Å². The summed E-state index contributed by atoms with van der Waals surface area (Å²) >= 11 is 0. The fourth-order valence-corrected chi connectivity index (χ4v) is 2.50. The molecule has 0 aliphatic rings. The minimum absolute atomic E-state index is 0.154. The number of benzene rings is 2. The molecule has 0 saturated carbocycles. The lowest BCUT2D eigenvalue weighted by atomic mass is 10.1. The number of fused-ring (bicyclic) bond motifs is 1. The first-order chi connectivity index (χ1) is 11.8. The monoisotopic (exact) mass is 336 g/mol. The summed E-state index contributed by atoms with van der Waals surface area (Å²) in [4.78, 5) is 27.0. The normalized spacial score (nSPS) is 11.3. The second-order valence-electron chi connectivity index (χ2n) is 6.49. The predicted octanol–water partition coefficient (Wildman–Crippen LogP) is 3.63. The van der Waals surface area contributed by atoms with Gasteiger partial charge in [0.2, 0.25) is 0 Å². The third kappa shape index (κ3) is 3.71. The standard InChI is InChI=1S/C20H20N2O3/c1-13-4-7-16(8-5-13)25-20(2,3)19(24)22-15-6-9-17-14(12-15)10-11-21-18(17)23/h4-12H,1-3H3,(H,21,23)(H,22,24). The summed E-state index contributed by atoms with van der Waals surface area (Å²) in [5.74, 6) is 0.369. The Morgan fingerprint density at radius 2 is 1.80 bits per heavy atom. The van der Waals surface area contributed by atoms with E-state index in [0.29, 0.717) is 16.8 Å². The number of carbonyl (C=O) groups excluding carboxylic acids is 1. The van der Waals surface area contributed by atoms with Crippen molar-refractivity contribution in [2.75, 3.05) is 5.32 Å². The minimum Gasteiger partial charge on any atom is -0.478 e. The molecule has 0 aliphatic carbocycles. The Morgan fingerprint density at radius 1 is 1.08 bits per heavy atom. The Labute approximate surface area is 145 Å². The van der Waals surface area contributed by atoms with Gasteiger partial charge >= 0.3 is 0 Å². The molecule has 0 spiro atoms. The van der Waals surface area contributed by atoms with Crippen molar-refractivity contribution >= 4 is 22.4 Å². The van der Waals surface area contributed by atoms with E-state index < -0.39 is 5.60 Å². The zero-order valence-corrected chi connectivity index (χ0v) is 14.4. The average Bonchev–Trinajstić information content (AvgIpc) is 2.57. The minimum atomic E-state index is -1.04. The molecule has 0 fully saturated rings. The highest BCUT2D eigenvalue weighted by atomic mass is 16.5. The Bertz CT molecular complexity index is 972. The van der Waals surface area contributed by atoms with Crippen LogP contribution in [0.25, 0.3) is 10.8 Å². The number of hydrogen-bond acceptors (Lipinski definition) is 3. The van der Waals surface area contributed by atoms with Crippen molar-refractivity contribution in [2.24, 2.45) is 0 Å². The molecule has 0 bridgehead atoms. The largest absolute Gasteiger partial charge is 0.478 e. The van der Waals surface area contributed by atoms with Gasteiger partial charge in [0.05, 0.1) is 0 Å². The van der Waals surface area contributed by atoms with Gasteiger partial charge in [-0.05, 0) is 62.6 Å². The summed E-state index contributed by atoms with van der Waals surface area (Å²) in [6.07, 6.45) is 1.58. The number of aromatic amines is 1. The van der Waals surface area contributed by atoms with Crippen LogP contribution in [0.4, 0.5) is 5.69 Å². The molecule has 5 heteroatoms. The van der Waals surface area contributed by atoms with E-state index in [0.717, 1.165) is 10.9 Å². The van der Waals surface area contributed by atoms with Crippen LogP contribution < -0.4 is 15.6 Å². The van der Waals surface area contributed by atoms with Crippen LogP contribution in [0.5, 0.6) is 5.75 Å². The highest BCUT2D eigenvalue weighted by molar-refractivity contribution is 5.98. The van der Waals surface area contributed by atoms with Crippen LogP contribution in [0, 0.1) is 6.92 Å². The molecule has 0 unspecified atom stereocenters. The lowest BCUT2D eigenvalue weighted by molar-refractivity contribution is -0.128. The zero-order valence-electron chi connectivity index (χ0n) is 14.4. The fourth-order valence-electron chi connectivity index (χ4n) is 2.50. The number of nitrogens with one attached hydrogen (secondary N) is 2. The van der Waals surface area contributed by atoms with E-state index in [-0.39, 0.29) is 11.5 Å². The third-order valence-corrected chi connectivity index (χ3v) is 3.97. The van der Waals surface area contributed by atoms with Crippen LogP contribution in [-0.2, 0) is 4.79 Å². The van der Waals surface area contributed by atoms with Gasteiger partial charge in [-0.25, -0.2) is 0 Å². The number of aromatic nitrogens is 1. The van der Waals surface area contributed by atoms with Crippen LogP contribution in [0.2, 0.25) is 0 Å². The molecule has 1 amide bonds. The SMILES string of the molecule is Cc1ccc(OC(C)(C)C(=O)Nc2ccc3c(=O)[nH]ccc3c2)cc1.